The summed E-state index contributed by atoms with van der Waals surface area (Å²) in [6.07, 6.45) is 0. The molecule has 1 atom stereocenters. The van der Waals surface area contributed by atoms with Gasteiger partial charge in [-0.15, -0.1) is 0 Å². The van der Waals surface area contributed by atoms with Crippen LogP contribution in [0.15, 0.2) is 28.7 Å². The Morgan fingerprint density at radius 2 is 2.06 bits per heavy atom. The lowest BCUT2D eigenvalue weighted by atomic mass is 10.1. The minimum absolute atomic E-state index is 0.285. The molecule has 86 valence electrons. The van der Waals surface area contributed by atoms with Gasteiger partial charge >= 0.3 is 5.97 Å². The second-order valence-electron chi connectivity index (χ2n) is 3.43. The van der Waals surface area contributed by atoms with Crippen LogP contribution < -0.4 is 0 Å². The Hall–Kier alpha value is -1.36. The Bertz CT molecular complexity index is 419. The monoisotopic (exact) mass is 285 g/mol. The van der Waals surface area contributed by atoms with Gasteiger partial charge in [-0.25, -0.2) is 4.79 Å². The lowest BCUT2D eigenvalue weighted by molar-refractivity contribution is -0.148. The summed E-state index contributed by atoms with van der Waals surface area (Å²) in [6.45, 7) is 1.34. The van der Waals surface area contributed by atoms with E-state index >= 15 is 0 Å². The van der Waals surface area contributed by atoms with Gasteiger partial charge in [0, 0.05) is 18.4 Å². The number of likely N-dealkylation sites (N-methyl/N-ethyl adjacent to an activating group) is 1. The highest BCUT2D eigenvalue weighted by Gasteiger charge is 2.26. The summed E-state index contributed by atoms with van der Waals surface area (Å²) >= 11 is 3.27. The molecule has 4 nitrogen and oxygen atoms in total. The van der Waals surface area contributed by atoms with Crippen LogP contribution in [0.4, 0.5) is 0 Å². The van der Waals surface area contributed by atoms with Gasteiger partial charge < -0.3 is 10.0 Å². The Morgan fingerprint density at radius 1 is 1.44 bits per heavy atom. The van der Waals surface area contributed by atoms with Crippen LogP contribution in [0.1, 0.15) is 18.5 Å². The van der Waals surface area contributed by atoms with E-state index < -0.39 is 12.0 Å². The third-order valence-electron chi connectivity index (χ3n) is 2.28. The van der Waals surface area contributed by atoms with Crippen LogP contribution in [0.3, 0.4) is 0 Å². The van der Waals surface area contributed by atoms with E-state index in [-0.39, 0.29) is 5.91 Å². The summed E-state index contributed by atoms with van der Waals surface area (Å²) in [7, 11) is 1.47. The Balaban J connectivity index is 3.12. The molecule has 0 spiro atoms. The van der Waals surface area contributed by atoms with E-state index in [2.05, 4.69) is 15.9 Å². The van der Waals surface area contributed by atoms with Crippen LogP contribution in [0.2, 0.25) is 0 Å². The van der Waals surface area contributed by atoms with Gasteiger partial charge in [0.05, 0.1) is 0 Å². The molecule has 0 bridgehead atoms. The van der Waals surface area contributed by atoms with E-state index in [0.29, 0.717) is 5.56 Å². The normalized spacial score (nSPS) is 11.9. The minimum atomic E-state index is -1.05. The molecule has 0 saturated carbocycles. The fourth-order valence-corrected chi connectivity index (χ4v) is 1.81. The van der Waals surface area contributed by atoms with Crippen molar-refractivity contribution < 1.29 is 14.7 Å². The standard InChI is InChI=1S/C11H12BrNO3/c1-7(14)13(2)10(11(15)16)8-4-3-5-9(12)6-8/h3-6,10H,1-2H3,(H,15,16). The number of halogens is 1. The Labute approximate surface area is 102 Å². The molecule has 0 aliphatic heterocycles. The molecule has 5 heteroatoms. The third kappa shape index (κ3) is 2.82. The molecular weight excluding hydrogens is 274 g/mol. The lowest BCUT2D eigenvalue weighted by Gasteiger charge is -2.23. The summed E-state index contributed by atoms with van der Waals surface area (Å²) in [5.41, 5.74) is 0.569. The molecule has 1 aromatic carbocycles. The van der Waals surface area contributed by atoms with Gasteiger partial charge in [-0.05, 0) is 17.7 Å². The molecule has 0 radical (unpaired) electrons. The van der Waals surface area contributed by atoms with Gasteiger partial charge in [-0.1, -0.05) is 28.1 Å². The van der Waals surface area contributed by atoms with Crippen LogP contribution >= 0.6 is 15.9 Å². The van der Waals surface area contributed by atoms with Crippen molar-refractivity contribution in [2.45, 2.75) is 13.0 Å². The Morgan fingerprint density at radius 3 is 2.50 bits per heavy atom. The van der Waals surface area contributed by atoms with Gasteiger partial charge in [0.25, 0.3) is 0 Å². The first-order valence-electron chi connectivity index (χ1n) is 4.65. The maximum absolute atomic E-state index is 11.2. The minimum Gasteiger partial charge on any atom is -0.479 e. The fraction of sp³-hybridized carbons (Fsp3) is 0.273. The number of carboxylic acids is 1. The van der Waals surface area contributed by atoms with E-state index in [1.807, 2.05) is 0 Å². The molecule has 1 amide bonds. The van der Waals surface area contributed by atoms with Crippen LogP contribution in [-0.2, 0) is 9.59 Å². The molecular formula is C11H12BrNO3. The molecule has 16 heavy (non-hydrogen) atoms. The van der Waals surface area contributed by atoms with E-state index in [1.54, 1.807) is 24.3 Å². The zero-order valence-electron chi connectivity index (χ0n) is 8.98. The van der Waals surface area contributed by atoms with Gasteiger partial charge in [-0.3, -0.25) is 4.79 Å². The smallest absolute Gasteiger partial charge is 0.331 e. The zero-order chi connectivity index (χ0) is 12.3. The van der Waals surface area contributed by atoms with Crippen molar-refractivity contribution in [2.75, 3.05) is 7.05 Å². The number of carboxylic acid groups (broad SMARTS) is 1. The van der Waals surface area contributed by atoms with Crippen molar-refractivity contribution in [1.82, 2.24) is 4.90 Å². The molecule has 0 aliphatic rings. The fourth-order valence-electron chi connectivity index (χ4n) is 1.39. The molecule has 0 aliphatic carbocycles. The van der Waals surface area contributed by atoms with Crippen molar-refractivity contribution in [3.63, 3.8) is 0 Å². The van der Waals surface area contributed by atoms with Crippen molar-refractivity contribution in [1.29, 1.82) is 0 Å². The van der Waals surface area contributed by atoms with Crippen molar-refractivity contribution in [2.24, 2.45) is 0 Å². The number of carbonyl (C=O) groups excluding carboxylic acids is 1. The first kappa shape index (κ1) is 12.7. The number of amides is 1. The summed E-state index contributed by atoms with van der Waals surface area (Å²) in [5, 5.41) is 9.13. The van der Waals surface area contributed by atoms with E-state index in [9.17, 15) is 9.59 Å². The van der Waals surface area contributed by atoms with E-state index in [0.717, 1.165) is 4.47 Å². The molecule has 0 saturated heterocycles. The average molecular weight is 286 g/mol. The molecule has 1 aromatic rings. The highest BCUT2D eigenvalue weighted by Crippen LogP contribution is 2.23. The summed E-state index contributed by atoms with van der Waals surface area (Å²) in [5.74, 6) is -1.33. The molecule has 1 rings (SSSR count). The number of carbonyl (C=O) groups is 2. The molecule has 0 heterocycles. The summed E-state index contributed by atoms with van der Waals surface area (Å²) in [6, 6.07) is 5.97. The number of hydrogen-bond donors (Lipinski definition) is 1. The first-order valence-corrected chi connectivity index (χ1v) is 5.44. The average Bonchev–Trinajstić information content (AvgIpc) is 2.17. The number of aliphatic carboxylic acids is 1. The molecule has 0 fully saturated rings. The molecule has 0 aromatic heterocycles. The number of hydrogen-bond acceptors (Lipinski definition) is 2. The largest absolute Gasteiger partial charge is 0.479 e. The van der Waals surface area contributed by atoms with Crippen molar-refractivity contribution in [3.05, 3.63) is 34.3 Å². The number of rotatable bonds is 3. The predicted molar refractivity (Wildman–Crippen MR) is 63.0 cm³/mol. The van der Waals surface area contributed by atoms with Gasteiger partial charge in [0.15, 0.2) is 6.04 Å². The highest BCUT2D eigenvalue weighted by molar-refractivity contribution is 9.10. The second kappa shape index (κ2) is 5.12. The molecule has 1 N–H and O–H groups in total. The predicted octanol–water partition coefficient (Wildman–Crippen LogP) is 2.05. The SMILES string of the molecule is CC(=O)N(C)C(C(=O)O)c1cccc(Br)c1. The lowest BCUT2D eigenvalue weighted by Crippen LogP contribution is -2.34. The highest BCUT2D eigenvalue weighted by atomic mass is 79.9. The first-order chi connectivity index (χ1) is 7.43. The van der Waals surface area contributed by atoms with Gasteiger partial charge in [0.2, 0.25) is 5.91 Å². The van der Waals surface area contributed by atoms with Crippen LogP contribution in [-0.4, -0.2) is 28.9 Å². The number of benzene rings is 1. The van der Waals surface area contributed by atoms with Crippen LogP contribution in [0.25, 0.3) is 0 Å². The zero-order valence-corrected chi connectivity index (χ0v) is 10.6. The quantitative estimate of drug-likeness (QED) is 0.925. The van der Waals surface area contributed by atoms with Gasteiger partial charge in [-0.2, -0.15) is 0 Å². The summed E-state index contributed by atoms with van der Waals surface area (Å²) < 4.78 is 0.785. The van der Waals surface area contributed by atoms with E-state index in [1.165, 1.54) is 18.9 Å². The Kier molecular flexibility index (Phi) is 4.06. The third-order valence-corrected chi connectivity index (χ3v) is 2.78. The topological polar surface area (TPSA) is 57.6 Å². The second-order valence-corrected chi connectivity index (χ2v) is 4.34. The molecule has 1 unspecified atom stereocenters. The van der Waals surface area contributed by atoms with Crippen molar-refractivity contribution in [3.8, 4) is 0 Å². The van der Waals surface area contributed by atoms with Crippen molar-refractivity contribution >= 4 is 27.8 Å². The number of nitrogens with zero attached hydrogens (tertiary/aromatic N) is 1. The van der Waals surface area contributed by atoms with Gasteiger partial charge in [0.1, 0.15) is 0 Å². The maximum Gasteiger partial charge on any atom is 0.331 e. The maximum atomic E-state index is 11.2. The van der Waals surface area contributed by atoms with Crippen LogP contribution in [0.5, 0.6) is 0 Å². The van der Waals surface area contributed by atoms with Crippen LogP contribution in [0, 0.1) is 0 Å². The summed E-state index contributed by atoms with van der Waals surface area (Å²) in [4.78, 5) is 23.5. The van der Waals surface area contributed by atoms with E-state index in [4.69, 9.17) is 5.11 Å².